The highest BCUT2D eigenvalue weighted by atomic mass is 32.2. The topological polar surface area (TPSA) is 49.8 Å². The van der Waals surface area contributed by atoms with E-state index in [1.54, 1.807) is 13.8 Å². The number of aromatic nitrogens is 1. The van der Waals surface area contributed by atoms with Crippen molar-refractivity contribution in [2.24, 2.45) is 5.92 Å². The first kappa shape index (κ1) is 12.9. The molecular weight excluding hydrogens is 241 g/mol. The molecule has 0 radical (unpaired) electrons. The Morgan fingerprint density at radius 1 is 1.50 bits per heavy atom. The van der Waals surface area contributed by atoms with Crippen LogP contribution in [0.15, 0.2) is 9.64 Å². The van der Waals surface area contributed by atoms with Crippen molar-refractivity contribution < 1.29 is 17.6 Å². The van der Waals surface area contributed by atoms with E-state index in [1.165, 1.54) is 6.07 Å². The van der Waals surface area contributed by atoms with Crippen LogP contribution in [0.25, 0.3) is 0 Å². The lowest BCUT2D eigenvalue weighted by Gasteiger charge is -2.10. The number of alkyl halides is 3. The second-order valence-corrected chi connectivity index (χ2v) is 4.13. The van der Waals surface area contributed by atoms with Crippen LogP contribution in [0.2, 0.25) is 0 Å². The third-order valence-electron chi connectivity index (χ3n) is 1.93. The second kappa shape index (κ2) is 4.78. The van der Waals surface area contributed by atoms with Gasteiger partial charge in [-0.05, 0) is 13.8 Å². The van der Waals surface area contributed by atoms with Crippen LogP contribution < -0.4 is 0 Å². The van der Waals surface area contributed by atoms with Crippen molar-refractivity contribution in [2.45, 2.75) is 25.2 Å². The summed E-state index contributed by atoms with van der Waals surface area (Å²) in [5.41, 5.74) is 0.642. The molecule has 0 aromatic carbocycles. The van der Waals surface area contributed by atoms with Gasteiger partial charge in [-0.1, -0.05) is 11.8 Å². The molecule has 1 heterocycles. The molecule has 1 aromatic heterocycles. The Balaban J connectivity index is 2.61. The zero-order valence-electron chi connectivity index (χ0n) is 8.63. The molecule has 16 heavy (non-hydrogen) atoms. The number of hydrogen-bond acceptors (Lipinski definition) is 4. The van der Waals surface area contributed by atoms with Crippen LogP contribution in [-0.2, 0) is 0 Å². The summed E-state index contributed by atoms with van der Waals surface area (Å²) in [6.07, 6.45) is -4.50. The maximum Gasteiger partial charge on any atom is 0.405 e. The number of rotatable bonds is 3. The minimum atomic E-state index is -4.50. The van der Waals surface area contributed by atoms with Crippen LogP contribution in [0.1, 0.15) is 11.5 Å². The number of nitriles is 1. The molecular formula is C9H9F3N2OS. The van der Waals surface area contributed by atoms with Crippen LogP contribution in [0.3, 0.4) is 0 Å². The molecule has 0 N–H and O–H groups in total. The largest absolute Gasteiger partial charge is 0.437 e. The smallest absolute Gasteiger partial charge is 0.405 e. The van der Waals surface area contributed by atoms with Crippen molar-refractivity contribution in [3.8, 4) is 6.07 Å². The number of aryl methyl sites for hydroxylation is 2. The Kier molecular flexibility index (Phi) is 3.86. The van der Waals surface area contributed by atoms with E-state index >= 15 is 0 Å². The molecule has 1 aromatic rings. The normalized spacial score (nSPS) is 13.5. The molecule has 0 spiro atoms. The molecule has 7 heteroatoms. The predicted molar refractivity (Wildman–Crippen MR) is 51.9 cm³/mol. The van der Waals surface area contributed by atoms with Crippen molar-refractivity contribution in [3.05, 3.63) is 11.5 Å². The molecule has 0 aliphatic carbocycles. The molecule has 0 aliphatic rings. The first-order chi connectivity index (χ1) is 7.34. The molecule has 0 aliphatic heterocycles. The minimum absolute atomic E-state index is 0.166. The average Bonchev–Trinajstić information content (AvgIpc) is 2.45. The summed E-state index contributed by atoms with van der Waals surface area (Å²) >= 11 is 0.795. The van der Waals surface area contributed by atoms with Crippen molar-refractivity contribution >= 4 is 11.8 Å². The van der Waals surface area contributed by atoms with Crippen LogP contribution >= 0.6 is 11.8 Å². The van der Waals surface area contributed by atoms with Crippen molar-refractivity contribution in [1.82, 2.24) is 4.98 Å². The lowest BCUT2D eigenvalue weighted by atomic mass is 10.2. The Labute approximate surface area is 94.6 Å². The highest BCUT2D eigenvalue weighted by molar-refractivity contribution is 7.99. The predicted octanol–water partition coefficient (Wildman–Crippen LogP) is 3.09. The number of oxazole rings is 1. The molecule has 1 rings (SSSR count). The second-order valence-electron chi connectivity index (χ2n) is 3.16. The summed E-state index contributed by atoms with van der Waals surface area (Å²) in [4.78, 5) is 3.92. The highest BCUT2D eigenvalue weighted by Gasteiger charge is 2.40. The molecule has 88 valence electrons. The van der Waals surface area contributed by atoms with E-state index in [2.05, 4.69) is 4.98 Å². The fourth-order valence-electron chi connectivity index (χ4n) is 0.865. The van der Waals surface area contributed by atoms with Crippen LogP contribution in [-0.4, -0.2) is 16.9 Å². The van der Waals surface area contributed by atoms with Crippen molar-refractivity contribution in [1.29, 1.82) is 5.26 Å². The highest BCUT2D eigenvalue weighted by Crippen LogP contribution is 2.31. The Bertz CT molecular complexity index is 388. The van der Waals surface area contributed by atoms with Gasteiger partial charge in [-0.3, -0.25) is 0 Å². The third kappa shape index (κ3) is 3.17. The van der Waals surface area contributed by atoms with Crippen molar-refractivity contribution in [3.63, 3.8) is 0 Å². The summed E-state index contributed by atoms with van der Waals surface area (Å²) < 4.78 is 41.8. The van der Waals surface area contributed by atoms with Crippen LogP contribution in [0, 0.1) is 31.1 Å². The van der Waals surface area contributed by atoms with Gasteiger partial charge in [0.2, 0.25) is 0 Å². The Morgan fingerprint density at radius 3 is 2.50 bits per heavy atom. The molecule has 1 atom stereocenters. The van der Waals surface area contributed by atoms with Gasteiger partial charge in [-0.2, -0.15) is 18.4 Å². The third-order valence-corrected chi connectivity index (χ3v) is 2.85. The van der Waals surface area contributed by atoms with Gasteiger partial charge in [0, 0.05) is 5.75 Å². The lowest BCUT2D eigenvalue weighted by Crippen LogP contribution is -2.23. The first-order valence-corrected chi connectivity index (χ1v) is 5.36. The Hall–Kier alpha value is -1.16. The SMILES string of the molecule is Cc1nc(SCC(C#N)C(F)(F)F)oc1C. The minimum Gasteiger partial charge on any atom is -0.437 e. The molecule has 0 fully saturated rings. The summed E-state index contributed by atoms with van der Waals surface area (Å²) in [6, 6.07) is 1.22. The fraction of sp³-hybridized carbons (Fsp3) is 0.556. The van der Waals surface area contributed by atoms with Crippen LogP contribution in [0.5, 0.6) is 0 Å². The standard InChI is InChI=1S/C9H9F3N2OS/c1-5-6(2)15-8(14-5)16-4-7(3-13)9(10,11)12/h7H,4H2,1-2H3. The van der Waals surface area contributed by atoms with Gasteiger partial charge in [0.05, 0.1) is 11.8 Å². The lowest BCUT2D eigenvalue weighted by molar-refractivity contribution is -0.152. The van der Waals surface area contributed by atoms with Gasteiger partial charge in [0.1, 0.15) is 5.76 Å². The zero-order chi connectivity index (χ0) is 12.3. The van der Waals surface area contributed by atoms with Gasteiger partial charge in [-0.25, -0.2) is 4.98 Å². The molecule has 0 saturated heterocycles. The molecule has 1 unspecified atom stereocenters. The zero-order valence-corrected chi connectivity index (χ0v) is 9.45. The maximum atomic E-state index is 12.2. The number of hydrogen-bond donors (Lipinski definition) is 0. The van der Waals surface area contributed by atoms with Gasteiger partial charge in [-0.15, -0.1) is 0 Å². The van der Waals surface area contributed by atoms with E-state index in [-0.39, 0.29) is 5.22 Å². The molecule has 0 saturated carbocycles. The summed E-state index contributed by atoms with van der Waals surface area (Å²) in [7, 11) is 0. The van der Waals surface area contributed by atoms with E-state index in [9.17, 15) is 13.2 Å². The van der Waals surface area contributed by atoms with Crippen molar-refractivity contribution in [2.75, 3.05) is 5.75 Å². The van der Waals surface area contributed by atoms with Gasteiger partial charge >= 0.3 is 6.18 Å². The van der Waals surface area contributed by atoms with E-state index in [0.717, 1.165) is 11.8 Å². The summed E-state index contributed by atoms with van der Waals surface area (Å²) in [5.74, 6) is -1.83. The van der Waals surface area contributed by atoms with E-state index in [4.69, 9.17) is 9.68 Å². The summed E-state index contributed by atoms with van der Waals surface area (Å²) in [5, 5.41) is 8.53. The average molecular weight is 250 g/mol. The van der Waals surface area contributed by atoms with Gasteiger partial charge in [0.25, 0.3) is 5.22 Å². The summed E-state index contributed by atoms with van der Waals surface area (Å²) in [6.45, 7) is 3.38. The van der Waals surface area contributed by atoms with E-state index in [0.29, 0.717) is 11.5 Å². The van der Waals surface area contributed by atoms with Gasteiger partial charge < -0.3 is 4.42 Å². The maximum absolute atomic E-state index is 12.2. The number of thioether (sulfide) groups is 1. The monoisotopic (exact) mass is 250 g/mol. The Morgan fingerprint density at radius 2 is 2.12 bits per heavy atom. The fourth-order valence-corrected chi connectivity index (χ4v) is 1.82. The van der Waals surface area contributed by atoms with Crippen LogP contribution in [0.4, 0.5) is 13.2 Å². The van der Waals surface area contributed by atoms with E-state index in [1.807, 2.05) is 0 Å². The molecule has 3 nitrogen and oxygen atoms in total. The molecule has 0 bridgehead atoms. The quantitative estimate of drug-likeness (QED) is 0.773. The number of nitrogens with zero attached hydrogens (tertiary/aromatic N) is 2. The molecule has 0 amide bonds. The van der Waals surface area contributed by atoms with Gasteiger partial charge in [0.15, 0.2) is 5.92 Å². The first-order valence-electron chi connectivity index (χ1n) is 4.37. The number of halogens is 3. The van der Waals surface area contributed by atoms with E-state index < -0.39 is 17.8 Å².